The van der Waals surface area contributed by atoms with Gasteiger partial charge in [0.25, 0.3) is 0 Å². The second-order valence-corrected chi connectivity index (χ2v) is 16.3. The van der Waals surface area contributed by atoms with Crippen LogP contribution in [0.15, 0.2) is 77.4 Å². The minimum Gasteiger partial charge on any atom is -0.0622 e. The van der Waals surface area contributed by atoms with E-state index in [1.807, 2.05) is 12.1 Å². The fraction of sp³-hybridized carbons (Fsp3) is 0.556. The Morgan fingerprint density at radius 3 is 1.23 bits per heavy atom. The topological polar surface area (TPSA) is 23.8 Å². The van der Waals surface area contributed by atoms with Crippen LogP contribution in [0.25, 0.3) is 16.9 Å². The maximum atomic E-state index is 8.59. The van der Waals surface area contributed by atoms with Gasteiger partial charge in [0.1, 0.15) is 0 Å². The minimum absolute atomic E-state index is 0. The van der Waals surface area contributed by atoms with Crippen molar-refractivity contribution in [2.75, 3.05) is 0 Å². The van der Waals surface area contributed by atoms with Crippen LogP contribution in [0, 0.1) is 28.2 Å². The van der Waals surface area contributed by atoms with Crippen LogP contribution in [0.2, 0.25) is 11.5 Å². The summed E-state index contributed by atoms with van der Waals surface area (Å²) in [5.41, 5.74) is 16.8. The molecule has 4 saturated carbocycles. The third-order valence-corrected chi connectivity index (χ3v) is 8.97. The van der Waals surface area contributed by atoms with Crippen molar-refractivity contribution < 1.29 is 21.7 Å². The average Bonchev–Trinajstić information content (AvgIpc) is 3.03. The number of nitrogens with one attached hydrogen (secondary N) is 1. The van der Waals surface area contributed by atoms with Gasteiger partial charge >= 0.3 is 48.7 Å². The summed E-state index contributed by atoms with van der Waals surface area (Å²) in [5, 5.41) is 0. The predicted octanol–water partition coefficient (Wildman–Crippen LogP) is 10.8. The molecule has 0 aromatic heterocycles. The zero-order valence-corrected chi connectivity index (χ0v) is 30.2. The SMILES string of the molecule is CC12CC3(C)CC(C)(C1)CC([NH-])(C2)C3.CC1=[C-]C(C)C(C)=C1C.[CH3][GeH][CH3].[Ti+2].c1ccc(-c2ccccc2)cc1. The van der Waals surface area contributed by atoms with Crippen molar-refractivity contribution in [2.45, 2.75) is 104 Å². The largest absolute Gasteiger partial charge is 2.00 e. The molecule has 209 valence electrons. The second-order valence-electron chi connectivity index (χ2n) is 13.9. The van der Waals surface area contributed by atoms with Crippen molar-refractivity contribution in [1.82, 2.24) is 0 Å². The van der Waals surface area contributed by atoms with Crippen LogP contribution < -0.4 is 0 Å². The third kappa shape index (κ3) is 9.06. The summed E-state index contributed by atoms with van der Waals surface area (Å²) in [7, 11) is 0. The third-order valence-electron chi connectivity index (χ3n) is 8.97. The van der Waals surface area contributed by atoms with Crippen LogP contribution in [0.1, 0.15) is 87.0 Å². The van der Waals surface area contributed by atoms with E-state index in [2.05, 4.69) is 115 Å². The molecule has 1 radical (unpaired) electrons. The van der Waals surface area contributed by atoms with Crippen LogP contribution in [0.4, 0.5) is 0 Å². The Balaban J connectivity index is 0.000000197. The maximum Gasteiger partial charge on any atom is 2.00 e. The van der Waals surface area contributed by atoms with Crippen molar-refractivity contribution in [1.29, 1.82) is 0 Å². The Morgan fingerprint density at radius 1 is 0.692 bits per heavy atom. The monoisotopic (exact) mass is 620 g/mol. The molecule has 1 N–H and O–H groups in total. The van der Waals surface area contributed by atoms with Gasteiger partial charge in [-0.3, -0.25) is 6.08 Å². The molecule has 4 bridgehead atoms. The van der Waals surface area contributed by atoms with Crippen molar-refractivity contribution in [3.63, 3.8) is 0 Å². The molecule has 2 aromatic carbocycles. The van der Waals surface area contributed by atoms with Crippen LogP contribution in [-0.2, 0) is 21.7 Å². The Morgan fingerprint density at radius 2 is 1.03 bits per heavy atom. The first-order valence-electron chi connectivity index (χ1n) is 14.6. The molecule has 39 heavy (non-hydrogen) atoms. The normalized spacial score (nSPS) is 33.4. The van der Waals surface area contributed by atoms with Gasteiger partial charge in [0.05, 0.1) is 0 Å². The molecule has 5 aliphatic carbocycles. The van der Waals surface area contributed by atoms with E-state index in [-0.39, 0.29) is 27.3 Å². The van der Waals surface area contributed by atoms with Crippen LogP contribution >= 0.6 is 0 Å². The summed E-state index contributed by atoms with van der Waals surface area (Å²) in [6.07, 6.45) is 11.0. The van der Waals surface area contributed by atoms with E-state index in [0.29, 0.717) is 37.6 Å². The molecule has 0 spiro atoms. The fourth-order valence-corrected chi connectivity index (χ4v) is 8.71. The second kappa shape index (κ2) is 13.9. The molecule has 0 amide bonds. The quantitative estimate of drug-likeness (QED) is 0.224. The van der Waals surface area contributed by atoms with Gasteiger partial charge in [0.15, 0.2) is 0 Å². The number of hydrogen-bond acceptors (Lipinski definition) is 0. The van der Waals surface area contributed by atoms with E-state index in [4.69, 9.17) is 5.73 Å². The summed E-state index contributed by atoms with van der Waals surface area (Å²) in [6, 6.07) is 20.8. The van der Waals surface area contributed by atoms with Gasteiger partial charge in [0, 0.05) is 0 Å². The van der Waals surface area contributed by atoms with Gasteiger partial charge < -0.3 is 5.73 Å². The molecule has 0 aliphatic heterocycles. The van der Waals surface area contributed by atoms with Gasteiger partial charge in [0.2, 0.25) is 0 Å². The predicted molar refractivity (Wildman–Crippen MR) is 170 cm³/mol. The van der Waals surface area contributed by atoms with Crippen LogP contribution in [0.3, 0.4) is 0 Å². The molecule has 1 nitrogen and oxygen atoms in total. The Labute approximate surface area is 262 Å². The number of allylic oxidation sites excluding steroid dienone is 4. The maximum absolute atomic E-state index is 8.59. The molecule has 1 atom stereocenters. The molecular weight excluding hydrogens is 567 g/mol. The first kappa shape index (κ1) is 34.3. The summed E-state index contributed by atoms with van der Waals surface area (Å²) >= 11 is 0.312. The van der Waals surface area contributed by atoms with Crippen molar-refractivity contribution in [2.24, 2.45) is 22.2 Å². The van der Waals surface area contributed by atoms with E-state index in [9.17, 15) is 0 Å². The Kier molecular flexibility index (Phi) is 12.2. The fourth-order valence-electron chi connectivity index (χ4n) is 8.71. The first-order chi connectivity index (χ1) is 17.7. The van der Waals surface area contributed by atoms with E-state index in [1.54, 1.807) is 0 Å². The summed E-state index contributed by atoms with van der Waals surface area (Å²) in [5.74, 6) is 5.12. The van der Waals surface area contributed by atoms with Gasteiger partial charge in [-0.1, -0.05) is 127 Å². The van der Waals surface area contributed by atoms with Gasteiger partial charge in [-0.25, -0.2) is 5.57 Å². The van der Waals surface area contributed by atoms with Crippen LogP contribution in [0.5, 0.6) is 0 Å². The molecule has 3 heteroatoms. The molecule has 5 aliphatic rings. The van der Waals surface area contributed by atoms with Crippen molar-refractivity contribution in [3.8, 4) is 11.1 Å². The summed E-state index contributed by atoms with van der Waals surface area (Å²) < 4.78 is 0. The van der Waals surface area contributed by atoms with Gasteiger partial charge in [-0.2, -0.15) is 11.1 Å². The Bertz CT molecular complexity index is 986. The average molecular weight is 619 g/mol. The van der Waals surface area contributed by atoms with E-state index in [1.165, 1.54) is 66.4 Å². The molecule has 1 unspecified atom stereocenters. The molecule has 0 heterocycles. The molecule has 7 rings (SSSR count). The summed E-state index contributed by atoms with van der Waals surface area (Å²) in [4.78, 5) is 0. The van der Waals surface area contributed by atoms with E-state index >= 15 is 0 Å². The van der Waals surface area contributed by atoms with E-state index in [0.717, 1.165) is 0 Å². The van der Waals surface area contributed by atoms with E-state index < -0.39 is 0 Å². The van der Waals surface area contributed by atoms with Crippen molar-refractivity contribution in [3.05, 3.63) is 89.2 Å². The smallest absolute Gasteiger partial charge is 0.0622 e. The summed E-state index contributed by atoms with van der Waals surface area (Å²) in [6.45, 7) is 16.0. The van der Waals surface area contributed by atoms with Crippen LogP contribution in [-0.4, -0.2) is 21.0 Å². The first-order valence-corrected chi connectivity index (χ1v) is 19.5. The minimum atomic E-state index is -0.0625. The number of benzene rings is 2. The standard InChI is InChI=1S/C13H22N.C12H10.C9H13.C2H7Ge.Ti/c1-10-4-11(2)6-12(3,5-10)9-13(14,7-10)8-11;1-3-7-11(8-4-1)12-9-5-2-6-10-12;1-6-5-7(2)9(4)8(6)3;1-3-2;/h14H,4-9H2,1-3H3;1-10H;6H,1-4H3;3H,1-2H3;/q-1;;-1;;+2. The number of hydrogen-bond donors (Lipinski definition) is 0. The van der Waals surface area contributed by atoms with Gasteiger partial charge in [-0.15, -0.1) is 12.5 Å². The zero-order chi connectivity index (χ0) is 28.2. The molecule has 2 aromatic rings. The molecule has 4 fully saturated rings. The number of rotatable bonds is 1. The van der Waals surface area contributed by atoms with Gasteiger partial charge in [-0.05, 0) is 46.6 Å². The zero-order valence-electron chi connectivity index (χ0n) is 26.2. The molecular formula is C36H52GeNTi. The molecule has 0 saturated heterocycles. The Hall–Kier alpha value is -0.863. The van der Waals surface area contributed by atoms with Crippen molar-refractivity contribution >= 4 is 15.4 Å².